The normalized spacial score (nSPS) is 15.6. The SMILES string of the molecule is Cc1ccc2c(c1)c1c(n2C=C(OCC(C)(C)C)c2ccncc2)CCN(C)C1. The zero-order valence-electron chi connectivity index (χ0n) is 18.2. The molecule has 0 atom stereocenters. The van der Waals surface area contributed by atoms with E-state index in [4.69, 9.17) is 4.74 Å². The van der Waals surface area contributed by atoms with Crippen LogP contribution in [0.3, 0.4) is 0 Å². The van der Waals surface area contributed by atoms with Gasteiger partial charge in [-0.15, -0.1) is 0 Å². The Morgan fingerprint density at radius 2 is 1.93 bits per heavy atom. The van der Waals surface area contributed by atoms with Crippen molar-refractivity contribution in [3.8, 4) is 0 Å². The van der Waals surface area contributed by atoms with Gasteiger partial charge in [0.1, 0.15) is 5.76 Å². The molecular weight excluding hydrogens is 358 g/mol. The first kappa shape index (κ1) is 19.7. The molecule has 4 heteroatoms. The molecule has 0 bridgehead atoms. The maximum absolute atomic E-state index is 6.35. The fourth-order valence-corrected chi connectivity index (χ4v) is 3.91. The predicted molar refractivity (Wildman–Crippen MR) is 121 cm³/mol. The molecule has 4 nitrogen and oxygen atoms in total. The highest BCUT2D eigenvalue weighted by Crippen LogP contribution is 2.33. The first-order chi connectivity index (χ1) is 13.8. The molecule has 4 rings (SSSR count). The van der Waals surface area contributed by atoms with Gasteiger partial charge in [0.25, 0.3) is 0 Å². The van der Waals surface area contributed by atoms with Crippen LogP contribution in [0.4, 0.5) is 0 Å². The highest BCUT2D eigenvalue weighted by atomic mass is 16.5. The van der Waals surface area contributed by atoms with Crippen LogP contribution < -0.4 is 0 Å². The second-order valence-corrected chi connectivity index (χ2v) is 9.38. The molecule has 3 heterocycles. The number of hydrogen-bond donors (Lipinski definition) is 0. The van der Waals surface area contributed by atoms with Crippen molar-refractivity contribution < 1.29 is 4.74 Å². The summed E-state index contributed by atoms with van der Waals surface area (Å²) in [4.78, 5) is 6.58. The van der Waals surface area contributed by atoms with Crippen LogP contribution in [0.15, 0.2) is 42.7 Å². The lowest BCUT2D eigenvalue weighted by molar-refractivity contribution is 0.171. The van der Waals surface area contributed by atoms with Gasteiger partial charge in [-0.05, 0) is 49.2 Å². The Morgan fingerprint density at radius 3 is 2.66 bits per heavy atom. The van der Waals surface area contributed by atoms with Crippen molar-refractivity contribution in [2.24, 2.45) is 5.41 Å². The number of aromatic nitrogens is 2. The molecule has 0 N–H and O–H groups in total. The van der Waals surface area contributed by atoms with Gasteiger partial charge >= 0.3 is 0 Å². The van der Waals surface area contributed by atoms with Gasteiger partial charge in [-0.2, -0.15) is 0 Å². The molecule has 29 heavy (non-hydrogen) atoms. The summed E-state index contributed by atoms with van der Waals surface area (Å²) in [6.45, 7) is 11.5. The van der Waals surface area contributed by atoms with E-state index in [1.165, 1.54) is 27.7 Å². The van der Waals surface area contributed by atoms with Gasteiger partial charge in [0.2, 0.25) is 0 Å². The van der Waals surface area contributed by atoms with E-state index in [0.29, 0.717) is 6.61 Å². The topological polar surface area (TPSA) is 30.3 Å². The number of ether oxygens (including phenoxy) is 1. The molecule has 1 aliphatic rings. The molecule has 0 spiro atoms. The Morgan fingerprint density at radius 1 is 1.17 bits per heavy atom. The lowest BCUT2D eigenvalue weighted by Gasteiger charge is -2.24. The number of aryl methyl sites for hydroxylation is 1. The summed E-state index contributed by atoms with van der Waals surface area (Å²) in [7, 11) is 2.20. The van der Waals surface area contributed by atoms with E-state index in [9.17, 15) is 0 Å². The summed E-state index contributed by atoms with van der Waals surface area (Å²) < 4.78 is 8.71. The molecular formula is C25H31N3O. The standard InChI is InChI=1S/C25H31N3O/c1-18-6-7-22-20(14-18)21-15-27(5)13-10-23(21)28(22)16-24(29-17-25(2,3)4)19-8-11-26-12-9-19/h6-9,11-12,14,16H,10,13,15,17H2,1-5H3. The van der Waals surface area contributed by atoms with Crippen molar-refractivity contribution in [2.45, 2.75) is 40.7 Å². The summed E-state index contributed by atoms with van der Waals surface area (Å²) in [6.07, 6.45) is 6.87. The number of nitrogens with zero attached hydrogens (tertiary/aromatic N) is 3. The Balaban J connectivity index is 1.88. The Kier molecular flexibility index (Phi) is 5.22. The third-order valence-electron chi connectivity index (χ3n) is 5.41. The molecule has 1 aromatic carbocycles. The summed E-state index contributed by atoms with van der Waals surface area (Å²) in [6, 6.07) is 10.8. The van der Waals surface area contributed by atoms with Gasteiger partial charge in [-0.25, -0.2) is 0 Å². The number of rotatable bonds is 4. The highest BCUT2D eigenvalue weighted by Gasteiger charge is 2.22. The monoisotopic (exact) mass is 389 g/mol. The molecule has 0 saturated carbocycles. The third-order valence-corrected chi connectivity index (χ3v) is 5.41. The van der Waals surface area contributed by atoms with E-state index < -0.39 is 0 Å². The molecule has 0 aliphatic carbocycles. The third kappa shape index (κ3) is 4.23. The molecule has 152 valence electrons. The van der Waals surface area contributed by atoms with Gasteiger partial charge in [0.15, 0.2) is 0 Å². The molecule has 0 amide bonds. The molecule has 1 aliphatic heterocycles. The lowest BCUT2D eigenvalue weighted by atomic mass is 9.98. The zero-order chi connectivity index (χ0) is 20.6. The summed E-state index contributed by atoms with van der Waals surface area (Å²) >= 11 is 0. The maximum atomic E-state index is 6.35. The number of pyridine rings is 1. The van der Waals surface area contributed by atoms with Crippen LogP contribution >= 0.6 is 0 Å². The van der Waals surface area contributed by atoms with Crippen molar-refractivity contribution >= 4 is 22.9 Å². The average Bonchev–Trinajstić information content (AvgIpc) is 2.97. The Bertz CT molecular complexity index is 1040. The molecule has 0 radical (unpaired) electrons. The predicted octanol–water partition coefficient (Wildman–Crippen LogP) is 5.35. The van der Waals surface area contributed by atoms with E-state index in [2.05, 4.69) is 73.6 Å². The second kappa shape index (κ2) is 7.68. The van der Waals surface area contributed by atoms with E-state index >= 15 is 0 Å². The van der Waals surface area contributed by atoms with Gasteiger partial charge < -0.3 is 14.2 Å². The smallest absolute Gasteiger partial charge is 0.143 e. The van der Waals surface area contributed by atoms with Crippen molar-refractivity contribution in [3.63, 3.8) is 0 Å². The first-order valence-corrected chi connectivity index (χ1v) is 10.4. The molecule has 0 saturated heterocycles. The van der Waals surface area contributed by atoms with Crippen LogP contribution in [0.1, 0.15) is 43.2 Å². The average molecular weight is 390 g/mol. The summed E-state index contributed by atoms with van der Waals surface area (Å²) in [5.74, 6) is 0.890. The van der Waals surface area contributed by atoms with Gasteiger partial charge in [-0.1, -0.05) is 32.4 Å². The fraction of sp³-hybridized carbons (Fsp3) is 0.400. The molecule has 0 fully saturated rings. The van der Waals surface area contributed by atoms with Crippen LogP contribution in [0.5, 0.6) is 0 Å². The van der Waals surface area contributed by atoms with Crippen LogP contribution in [0.2, 0.25) is 0 Å². The Labute approximate surface area is 173 Å². The van der Waals surface area contributed by atoms with E-state index in [0.717, 1.165) is 30.8 Å². The van der Waals surface area contributed by atoms with Crippen molar-refractivity contribution in [2.75, 3.05) is 20.2 Å². The fourth-order valence-electron chi connectivity index (χ4n) is 3.91. The number of hydrogen-bond acceptors (Lipinski definition) is 3. The minimum Gasteiger partial charge on any atom is -0.491 e. The lowest BCUT2D eigenvalue weighted by Crippen LogP contribution is -2.26. The van der Waals surface area contributed by atoms with E-state index in [1.807, 2.05) is 24.5 Å². The quantitative estimate of drug-likeness (QED) is 0.564. The van der Waals surface area contributed by atoms with Crippen LogP contribution in [-0.4, -0.2) is 34.7 Å². The van der Waals surface area contributed by atoms with E-state index in [-0.39, 0.29) is 5.41 Å². The van der Waals surface area contributed by atoms with Crippen molar-refractivity contribution in [1.29, 1.82) is 0 Å². The van der Waals surface area contributed by atoms with Crippen LogP contribution in [0, 0.1) is 12.3 Å². The summed E-state index contributed by atoms with van der Waals surface area (Å²) in [5, 5.41) is 1.35. The van der Waals surface area contributed by atoms with Crippen molar-refractivity contribution in [1.82, 2.24) is 14.5 Å². The number of fused-ring (bicyclic) bond motifs is 3. The maximum Gasteiger partial charge on any atom is 0.143 e. The van der Waals surface area contributed by atoms with Gasteiger partial charge in [0.05, 0.1) is 18.3 Å². The Hall–Kier alpha value is -2.59. The minimum atomic E-state index is 0.0874. The van der Waals surface area contributed by atoms with Crippen LogP contribution in [-0.2, 0) is 17.7 Å². The van der Waals surface area contributed by atoms with Gasteiger partial charge in [0, 0.05) is 48.5 Å². The largest absolute Gasteiger partial charge is 0.491 e. The van der Waals surface area contributed by atoms with E-state index in [1.54, 1.807) is 0 Å². The molecule has 3 aromatic rings. The molecule has 2 aromatic heterocycles. The summed E-state index contributed by atoms with van der Waals surface area (Å²) in [5.41, 5.74) is 6.53. The number of benzene rings is 1. The first-order valence-electron chi connectivity index (χ1n) is 10.4. The second-order valence-electron chi connectivity index (χ2n) is 9.38. The highest BCUT2D eigenvalue weighted by molar-refractivity contribution is 5.90. The number of likely N-dealkylation sites (N-methyl/N-ethyl adjacent to an activating group) is 1. The van der Waals surface area contributed by atoms with Crippen molar-refractivity contribution in [3.05, 3.63) is 65.1 Å². The zero-order valence-corrected chi connectivity index (χ0v) is 18.2. The molecule has 0 unspecified atom stereocenters. The van der Waals surface area contributed by atoms with Gasteiger partial charge in [-0.3, -0.25) is 4.98 Å². The minimum absolute atomic E-state index is 0.0874. The van der Waals surface area contributed by atoms with Crippen LogP contribution in [0.25, 0.3) is 22.9 Å².